The van der Waals surface area contributed by atoms with Crippen molar-refractivity contribution >= 4 is 17.4 Å². The molecule has 0 saturated carbocycles. The van der Waals surface area contributed by atoms with E-state index < -0.39 is 18.3 Å². The minimum atomic E-state index is -0.574. The summed E-state index contributed by atoms with van der Waals surface area (Å²) >= 11 is 0. The molecule has 0 aliphatic heterocycles. The summed E-state index contributed by atoms with van der Waals surface area (Å²) in [5.74, 6) is 0. The van der Waals surface area contributed by atoms with Crippen molar-refractivity contribution in [3.05, 3.63) is 0 Å². The van der Waals surface area contributed by atoms with E-state index in [1.807, 2.05) is 0 Å². The van der Waals surface area contributed by atoms with E-state index in [4.69, 9.17) is 0 Å². The second kappa shape index (κ2) is 23.4. The Labute approximate surface area is 127 Å². The van der Waals surface area contributed by atoms with Crippen LogP contribution in [0.3, 0.4) is 0 Å². The van der Waals surface area contributed by atoms with Gasteiger partial charge in [-0.15, -0.1) is 18.3 Å². The summed E-state index contributed by atoms with van der Waals surface area (Å²) in [5.41, 5.74) is 0. The Morgan fingerprint density at radius 1 is 0.632 bits per heavy atom. The average molecular weight is 294 g/mol. The second-order valence-electron chi connectivity index (χ2n) is 3.80. The fourth-order valence-electron chi connectivity index (χ4n) is 0.704. The van der Waals surface area contributed by atoms with Gasteiger partial charge < -0.3 is 29.5 Å². The van der Waals surface area contributed by atoms with Crippen molar-refractivity contribution < 1.29 is 29.5 Å². The van der Waals surface area contributed by atoms with E-state index >= 15 is 0 Å². The predicted molar refractivity (Wildman–Crippen MR) is 69.8 cm³/mol. The molecule has 0 radical (unpaired) electrons. The van der Waals surface area contributed by atoms with Crippen molar-refractivity contribution in [3.8, 4) is 0 Å². The SMILES string of the molecule is COCC(C)[O-].COCC(C)[O-].COCC(C)[O-].[Al+3]. The molecule has 0 aliphatic carbocycles. The van der Waals surface area contributed by atoms with E-state index in [-0.39, 0.29) is 17.4 Å². The van der Waals surface area contributed by atoms with E-state index in [0.717, 1.165) is 0 Å². The minimum Gasteiger partial charge on any atom is -0.851 e. The molecule has 0 N–H and O–H groups in total. The van der Waals surface area contributed by atoms with E-state index in [2.05, 4.69) is 14.2 Å². The predicted octanol–water partition coefficient (Wildman–Crippen LogP) is -2.24. The van der Waals surface area contributed by atoms with Gasteiger partial charge in [0.1, 0.15) is 0 Å². The standard InChI is InChI=1S/3C4H9O2.Al/c3*1-4(5)3-6-2;/h3*4H,3H2,1-2H3;/q3*-1;+3. The van der Waals surface area contributed by atoms with Crippen LogP contribution in [0.25, 0.3) is 0 Å². The molecule has 0 saturated heterocycles. The Morgan fingerprint density at radius 3 is 0.789 bits per heavy atom. The fourth-order valence-corrected chi connectivity index (χ4v) is 0.704. The van der Waals surface area contributed by atoms with E-state index in [0.29, 0.717) is 19.8 Å². The molecule has 0 heterocycles. The first-order valence-corrected chi connectivity index (χ1v) is 5.75. The number of hydrogen-bond donors (Lipinski definition) is 0. The Morgan fingerprint density at radius 2 is 0.789 bits per heavy atom. The molecule has 0 amide bonds. The zero-order valence-electron chi connectivity index (χ0n) is 12.9. The van der Waals surface area contributed by atoms with Crippen LogP contribution < -0.4 is 15.3 Å². The molecule has 0 aromatic heterocycles. The van der Waals surface area contributed by atoms with Gasteiger partial charge in [-0.25, -0.2) is 0 Å². The van der Waals surface area contributed by atoms with Crippen LogP contribution in [-0.4, -0.2) is 76.8 Å². The zero-order valence-corrected chi connectivity index (χ0v) is 14.0. The van der Waals surface area contributed by atoms with E-state index in [1.165, 1.54) is 21.3 Å². The topological polar surface area (TPSA) is 96.9 Å². The monoisotopic (exact) mass is 294 g/mol. The third-order valence-electron chi connectivity index (χ3n) is 1.20. The van der Waals surface area contributed by atoms with Crippen molar-refractivity contribution in [1.29, 1.82) is 0 Å². The summed E-state index contributed by atoms with van der Waals surface area (Å²) in [7, 11) is 4.57. The zero-order chi connectivity index (χ0) is 15.0. The van der Waals surface area contributed by atoms with Gasteiger partial charge in [0, 0.05) is 41.2 Å². The van der Waals surface area contributed by atoms with Crippen LogP contribution >= 0.6 is 0 Å². The van der Waals surface area contributed by atoms with Gasteiger partial charge in [0.15, 0.2) is 0 Å². The summed E-state index contributed by atoms with van der Waals surface area (Å²) in [6.45, 7) is 5.68. The summed E-state index contributed by atoms with van der Waals surface area (Å²) in [6, 6.07) is 0. The Balaban J connectivity index is -0.0000000865. The molecule has 19 heavy (non-hydrogen) atoms. The van der Waals surface area contributed by atoms with Crippen molar-refractivity contribution in [2.75, 3.05) is 41.2 Å². The number of methoxy groups -OCH3 is 3. The summed E-state index contributed by atoms with van der Waals surface area (Å²) in [4.78, 5) is 0. The van der Waals surface area contributed by atoms with Crippen LogP contribution in [0.15, 0.2) is 0 Å². The van der Waals surface area contributed by atoms with Crippen LogP contribution in [0.2, 0.25) is 0 Å². The van der Waals surface area contributed by atoms with Gasteiger partial charge >= 0.3 is 17.4 Å². The summed E-state index contributed by atoms with van der Waals surface area (Å²) in [5, 5.41) is 30.0. The van der Waals surface area contributed by atoms with E-state index in [1.54, 1.807) is 20.8 Å². The molecule has 0 spiro atoms. The van der Waals surface area contributed by atoms with Crippen molar-refractivity contribution in [2.24, 2.45) is 0 Å². The first kappa shape index (κ1) is 27.6. The molecule has 0 fully saturated rings. The second-order valence-corrected chi connectivity index (χ2v) is 3.80. The minimum absolute atomic E-state index is 0. The molecule has 0 aromatic carbocycles. The van der Waals surface area contributed by atoms with Gasteiger partial charge in [-0.2, -0.15) is 0 Å². The van der Waals surface area contributed by atoms with Crippen LogP contribution in [-0.2, 0) is 14.2 Å². The van der Waals surface area contributed by atoms with Gasteiger partial charge in [-0.05, 0) is 0 Å². The Hall–Kier alpha value is 0.292. The molecule has 0 aromatic rings. The van der Waals surface area contributed by atoms with E-state index in [9.17, 15) is 15.3 Å². The molecule has 0 rings (SSSR count). The summed E-state index contributed by atoms with van der Waals surface area (Å²) in [6.07, 6.45) is -1.72. The first-order valence-electron chi connectivity index (χ1n) is 5.75. The van der Waals surface area contributed by atoms with Gasteiger partial charge in [-0.3, -0.25) is 0 Å². The first-order chi connectivity index (χ1) is 8.31. The van der Waals surface area contributed by atoms with Gasteiger partial charge in [0.05, 0.1) is 0 Å². The van der Waals surface area contributed by atoms with Crippen LogP contribution in [0.1, 0.15) is 20.8 Å². The molecule has 3 atom stereocenters. The average Bonchev–Trinajstić information content (AvgIpc) is 2.18. The van der Waals surface area contributed by atoms with Crippen LogP contribution in [0.4, 0.5) is 0 Å². The largest absolute Gasteiger partial charge is 3.00 e. The number of rotatable bonds is 6. The smallest absolute Gasteiger partial charge is 0.851 e. The molecule has 6 nitrogen and oxygen atoms in total. The van der Waals surface area contributed by atoms with Crippen molar-refractivity contribution in [3.63, 3.8) is 0 Å². The molecule has 114 valence electrons. The molecular formula is C12H27AlO6. The maximum absolute atomic E-state index is 10.0. The molecule has 3 unspecified atom stereocenters. The van der Waals surface area contributed by atoms with Crippen molar-refractivity contribution in [1.82, 2.24) is 0 Å². The maximum atomic E-state index is 10.0. The van der Waals surface area contributed by atoms with Crippen LogP contribution in [0, 0.1) is 0 Å². The molecule has 0 aliphatic rings. The third kappa shape index (κ3) is 56.2. The van der Waals surface area contributed by atoms with Gasteiger partial charge in [0.25, 0.3) is 0 Å². The number of ether oxygens (including phenoxy) is 3. The Kier molecular flexibility index (Phi) is 34.0. The Bertz CT molecular complexity index is 110. The van der Waals surface area contributed by atoms with Gasteiger partial charge in [0.2, 0.25) is 0 Å². The number of hydrogen-bond acceptors (Lipinski definition) is 6. The van der Waals surface area contributed by atoms with Crippen LogP contribution in [0.5, 0.6) is 0 Å². The molecule has 0 bridgehead atoms. The molecule has 7 heteroatoms. The van der Waals surface area contributed by atoms with Gasteiger partial charge in [-0.1, -0.05) is 20.8 Å². The maximum Gasteiger partial charge on any atom is 3.00 e. The quantitative estimate of drug-likeness (QED) is 0.514. The third-order valence-corrected chi connectivity index (χ3v) is 1.20. The molecular weight excluding hydrogens is 267 g/mol. The fraction of sp³-hybridized carbons (Fsp3) is 1.00. The summed E-state index contributed by atoms with van der Waals surface area (Å²) < 4.78 is 13.5. The normalized spacial score (nSPS) is 13.7. The van der Waals surface area contributed by atoms with Crippen molar-refractivity contribution in [2.45, 2.75) is 39.1 Å².